The first-order valence-electron chi connectivity index (χ1n) is 6.70. The minimum Gasteiger partial charge on any atom is -0.478 e. The summed E-state index contributed by atoms with van der Waals surface area (Å²) < 4.78 is 0.853. The molecule has 2 rings (SSSR count). The predicted molar refractivity (Wildman–Crippen MR) is 83.8 cm³/mol. The van der Waals surface area contributed by atoms with Crippen molar-refractivity contribution in [2.24, 2.45) is 11.8 Å². The van der Waals surface area contributed by atoms with Gasteiger partial charge in [0.1, 0.15) is 5.82 Å². The molecule has 1 aromatic rings. The Labute approximate surface area is 127 Å². The molecule has 0 radical (unpaired) electrons. The maximum atomic E-state index is 11.0. The third kappa shape index (κ3) is 3.20. The summed E-state index contributed by atoms with van der Waals surface area (Å²) in [5.41, 5.74) is 1.16. The van der Waals surface area contributed by atoms with E-state index in [9.17, 15) is 4.79 Å². The fraction of sp³-hybridized carbons (Fsp3) is 0.467. The molecule has 0 aliphatic carbocycles. The lowest BCUT2D eigenvalue weighted by Crippen LogP contribution is -2.21. The van der Waals surface area contributed by atoms with Crippen molar-refractivity contribution in [1.82, 2.24) is 4.98 Å². The Morgan fingerprint density at radius 2 is 2.05 bits per heavy atom. The van der Waals surface area contributed by atoms with Gasteiger partial charge in [-0.3, -0.25) is 0 Å². The molecule has 1 aliphatic rings. The van der Waals surface area contributed by atoms with Gasteiger partial charge in [0, 0.05) is 34.9 Å². The van der Waals surface area contributed by atoms with Crippen LogP contribution >= 0.6 is 15.9 Å². The van der Waals surface area contributed by atoms with Crippen LogP contribution < -0.4 is 4.90 Å². The maximum Gasteiger partial charge on any atom is 0.331 e. The molecule has 108 valence electrons. The SMILES string of the molecule is CC(=Cc1cc(Br)cnc1N1CC(C)C(C)C1)C(=O)O. The van der Waals surface area contributed by atoms with Crippen molar-refractivity contribution >= 4 is 33.8 Å². The van der Waals surface area contributed by atoms with Crippen LogP contribution in [0.1, 0.15) is 26.3 Å². The minimum absolute atomic E-state index is 0.312. The molecule has 2 atom stereocenters. The third-order valence-electron chi connectivity index (χ3n) is 3.86. The molecular formula is C15H19BrN2O2. The number of nitrogens with zero attached hydrogens (tertiary/aromatic N) is 2. The monoisotopic (exact) mass is 338 g/mol. The van der Waals surface area contributed by atoms with Crippen LogP contribution in [-0.4, -0.2) is 29.1 Å². The molecule has 0 bridgehead atoms. The molecule has 1 N–H and O–H groups in total. The summed E-state index contributed by atoms with van der Waals surface area (Å²) in [6, 6.07) is 1.92. The summed E-state index contributed by atoms with van der Waals surface area (Å²) in [5.74, 6) is 1.21. The van der Waals surface area contributed by atoms with Crippen LogP contribution in [0.5, 0.6) is 0 Å². The molecule has 5 heteroatoms. The van der Waals surface area contributed by atoms with E-state index < -0.39 is 5.97 Å². The standard InChI is InChI=1S/C15H19BrN2O2/c1-9(15(19)20)4-12-5-13(16)6-17-14(12)18-7-10(2)11(3)8-18/h4-6,10-11H,7-8H2,1-3H3,(H,19,20). The van der Waals surface area contributed by atoms with E-state index in [1.165, 1.54) is 0 Å². The van der Waals surface area contributed by atoms with Gasteiger partial charge in [0.15, 0.2) is 0 Å². The van der Waals surface area contributed by atoms with Crippen LogP contribution in [-0.2, 0) is 4.79 Å². The number of carboxylic acid groups (broad SMARTS) is 1. The second kappa shape index (κ2) is 5.95. The van der Waals surface area contributed by atoms with E-state index in [1.807, 2.05) is 6.07 Å². The largest absolute Gasteiger partial charge is 0.478 e. The molecular weight excluding hydrogens is 320 g/mol. The highest BCUT2D eigenvalue weighted by atomic mass is 79.9. The van der Waals surface area contributed by atoms with Gasteiger partial charge in [-0.2, -0.15) is 0 Å². The van der Waals surface area contributed by atoms with Gasteiger partial charge in [0.25, 0.3) is 0 Å². The predicted octanol–water partition coefficient (Wildman–Crippen LogP) is 3.42. The van der Waals surface area contributed by atoms with Gasteiger partial charge in [-0.25, -0.2) is 9.78 Å². The highest BCUT2D eigenvalue weighted by Gasteiger charge is 2.28. The Morgan fingerprint density at radius 1 is 1.45 bits per heavy atom. The third-order valence-corrected chi connectivity index (χ3v) is 4.29. The molecule has 0 saturated carbocycles. The zero-order valence-electron chi connectivity index (χ0n) is 11.9. The lowest BCUT2D eigenvalue weighted by atomic mass is 10.0. The zero-order valence-corrected chi connectivity index (χ0v) is 13.5. The molecule has 0 amide bonds. The second-order valence-electron chi connectivity index (χ2n) is 5.56. The van der Waals surface area contributed by atoms with E-state index in [4.69, 9.17) is 5.11 Å². The van der Waals surface area contributed by atoms with Crippen molar-refractivity contribution in [3.05, 3.63) is 27.9 Å². The van der Waals surface area contributed by atoms with Crippen LogP contribution in [0.2, 0.25) is 0 Å². The Balaban J connectivity index is 2.39. The van der Waals surface area contributed by atoms with E-state index in [1.54, 1.807) is 19.2 Å². The van der Waals surface area contributed by atoms with Crippen molar-refractivity contribution in [3.8, 4) is 0 Å². The summed E-state index contributed by atoms with van der Waals surface area (Å²) in [4.78, 5) is 17.7. The van der Waals surface area contributed by atoms with Crippen molar-refractivity contribution in [2.75, 3.05) is 18.0 Å². The number of pyridine rings is 1. The fourth-order valence-corrected chi connectivity index (χ4v) is 2.76. The Bertz CT molecular complexity index is 547. The summed E-state index contributed by atoms with van der Waals surface area (Å²) in [6.07, 6.45) is 3.44. The average Bonchev–Trinajstić information content (AvgIpc) is 2.69. The van der Waals surface area contributed by atoms with Crippen LogP contribution in [0.15, 0.2) is 22.3 Å². The van der Waals surface area contributed by atoms with Crippen molar-refractivity contribution in [2.45, 2.75) is 20.8 Å². The Hall–Kier alpha value is -1.36. The van der Waals surface area contributed by atoms with Crippen molar-refractivity contribution in [3.63, 3.8) is 0 Å². The molecule has 20 heavy (non-hydrogen) atoms. The van der Waals surface area contributed by atoms with Crippen LogP contribution in [0.3, 0.4) is 0 Å². The van der Waals surface area contributed by atoms with Crippen molar-refractivity contribution in [1.29, 1.82) is 0 Å². The summed E-state index contributed by atoms with van der Waals surface area (Å²) in [7, 11) is 0. The second-order valence-corrected chi connectivity index (χ2v) is 6.47. The van der Waals surface area contributed by atoms with Gasteiger partial charge in [-0.15, -0.1) is 0 Å². The average molecular weight is 339 g/mol. The van der Waals surface area contributed by atoms with Crippen LogP contribution in [0.25, 0.3) is 6.08 Å². The number of carbonyl (C=O) groups is 1. The van der Waals surface area contributed by atoms with E-state index in [0.717, 1.165) is 28.9 Å². The topological polar surface area (TPSA) is 53.4 Å². The first-order valence-corrected chi connectivity index (χ1v) is 7.50. The first-order chi connectivity index (χ1) is 9.38. The smallest absolute Gasteiger partial charge is 0.331 e. The van der Waals surface area contributed by atoms with E-state index >= 15 is 0 Å². The molecule has 1 saturated heterocycles. The van der Waals surface area contributed by atoms with Gasteiger partial charge >= 0.3 is 5.97 Å². The van der Waals surface area contributed by atoms with Gasteiger partial charge in [0.2, 0.25) is 0 Å². The van der Waals surface area contributed by atoms with Gasteiger partial charge < -0.3 is 10.0 Å². The molecule has 1 fully saturated rings. The van der Waals surface area contributed by atoms with Crippen molar-refractivity contribution < 1.29 is 9.90 Å². The number of anilines is 1. The highest BCUT2D eigenvalue weighted by Crippen LogP contribution is 2.31. The Morgan fingerprint density at radius 3 is 2.60 bits per heavy atom. The van der Waals surface area contributed by atoms with Gasteiger partial charge in [-0.1, -0.05) is 13.8 Å². The molecule has 1 aromatic heterocycles. The molecule has 0 aromatic carbocycles. The molecule has 1 aliphatic heterocycles. The van der Waals surface area contributed by atoms with E-state index in [0.29, 0.717) is 17.4 Å². The minimum atomic E-state index is -0.904. The number of aromatic nitrogens is 1. The lowest BCUT2D eigenvalue weighted by Gasteiger charge is -2.19. The summed E-state index contributed by atoms with van der Waals surface area (Å²) in [6.45, 7) is 8.00. The van der Waals surface area contributed by atoms with Gasteiger partial charge in [-0.05, 0) is 46.8 Å². The molecule has 0 spiro atoms. The molecule has 4 nitrogen and oxygen atoms in total. The van der Waals surface area contributed by atoms with E-state index in [2.05, 4.69) is 39.7 Å². The summed E-state index contributed by atoms with van der Waals surface area (Å²) in [5, 5.41) is 9.04. The van der Waals surface area contributed by atoms with Gasteiger partial charge in [0.05, 0.1) is 0 Å². The fourth-order valence-electron chi connectivity index (χ4n) is 2.42. The number of rotatable bonds is 3. The van der Waals surface area contributed by atoms with E-state index in [-0.39, 0.29) is 0 Å². The van der Waals surface area contributed by atoms with Crippen LogP contribution in [0, 0.1) is 11.8 Å². The number of halogens is 1. The van der Waals surface area contributed by atoms with Crippen LogP contribution in [0.4, 0.5) is 5.82 Å². The summed E-state index contributed by atoms with van der Waals surface area (Å²) >= 11 is 3.40. The zero-order chi connectivity index (χ0) is 14.9. The highest BCUT2D eigenvalue weighted by molar-refractivity contribution is 9.10. The molecule has 2 unspecified atom stereocenters. The molecule has 2 heterocycles. The number of carboxylic acids is 1. The number of aliphatic carboxylic acids is 1. The normalized spacial score (nSPS) is 23.2. The quantitative estimate of drug-likeness (QED) is 0.858. The lowest BCUT2D eigenvalue weighted by molar-refractivity contribution is -0.132. The Kier molecular flexibility index (Phi) is 4.48. The first kappa shape index (κ1) is 15.0. The number of hydrogen-bond donors (Lipinski definition) is 1. The number of hydrogen-bond acceptors (Lipinski definition) is 3. The maximum absolute atomic E-state index is 11.0.